The van der Waals surface area contributed by atoms with Gasteiger partial charge in [-0.25, -0.2) is 0 Å². The van der Waals surface area contributed by atoms with Gasteiger partial charge < -0.3 is 39.6 Å². The number of aliphatic carboxylic acids is 4. The van der Waals surface area contributed by atoms with Gasteiger partial charge in [-0.05, 0) is 27.7 Å². The van der Waals surface area contributed by atoms with Crippen LogP contribution in [0.4, 0.5) is 0 Å². The minimum absolute atomic E-state index is 0. The molecule has 16 heteroatoms. The summed E-state index contributed by atoms with van der Waals surface area (Å²) in [5.74, 6) is -4.33. The summed E-state index contributed by atoms with van der Waals surface area (Å²) in [6.07, 6.45) is 0. The van der Waals surface area contributed by atoms with Crippen molar-refractivity contribution >= 4 is 106 Å². The molecule has 0 fully saturated rings. The van der Waals surface area contributed by atoms with Crippen molar-refractivity contribution in [3.8, 4) is 0 Å². The molecule has 4 aromatic rings. The van der Waals surface area contributed by atoms with Crippen LogP contribution in [0.1, 0.15) is 27.7 Å². The van der Waals surface area contributed by atoms with Crippen molar-refractivity contribution in [2.45, 2.75) is 27.7 Å². The molecule has 4 rings (SSSR count). The second-order valence-electron chi connectivity index (χ2n) is 7.22. The molecule has 0 aliphatic carbocycles. The maximum atomic E-state index is 8.89. The Bertz CT molecular complexity index is 1040. The normalized spacial score (nSPS) is 7.08. The first-order valence-electron chi connectivity index (χ1n) is 12.1. The van der Waals surface area contributed by atoms with E-state index >= 15 is 0 Å². The zero-order valence-corrected chi connectivity index (χ0v) is 38.8. The van der Waals surface area contributed by atoms with Gasteiger partial charge in [-0.3, -0.25) is 0 Å². The third kappa shape index (κ3) is 90.8. The van der Waals surface area contributed by atoms with E-state index in [1.54, 1.807) is 0 Å². The fourth-order valence-corrected chi connectivity index (χ4v) is 3.00. The van der Waals surface area contributed by atoms with Crippen molar-refractivity contribution in [1.82, 2.24) is 0 Å². The molecule has 0 radical (unpaired) electrons. The van der Waals surface area contributed by atoms with E-state index in [2.05, 4.69) is 64.1 Å². The van der Waals surface area contributed by atoms with Gasteiger partial charge in [-0.2, -0.15) is 0 Å². The SMILES string of the molecule is CC(=O)[O-].CC(=O)[O-].CC(=O)[O-].CC(=O)[O-].[Pd+2].[Pd+2].[Pd+2].[Pd+2].[Se-]c1ccccc1.[Se-]c1ccccc1.[Se-]c1ccccc1.[Se-]c1ccccc1. The molecule has 0 saturated carbocycles. The Morgan fingerprint density at radius 3 is 0.458 bits per heavy atom. The molecule has 0 amide bonds. The topological polar surface area (TPSA) is 161 Å². The monoisotopic (exact) mass is 1290 g/mol. The summed E-state index contributed by atoms with van der Waals surface area (Å²) in [4.78, 5) is 35.6. The van der Waals surface area contributed by atoms with Crippen LogP contribution in [0, 0.1) is 0 Å². The van der Waals surface area contributed by atoms with Gasteiger partial charge in [0.25, 0.3) is 0 Å². The summed E-state index contributed by atoms with van der Waals surface area (Å²) >= 11 is 11.6. The van der Waals surface area contributed by atoms with E-state index in [1.165, 1.54) is 17.8 Å². The van der Waals surface area contributed by atoms with E-state index < -0.39 is 23.9 Å². The van der Waals surface area contributed by atoms with Gasteiger partial charge in [0.2, 0.25) is 0 Å². The van der Waals surface area contributed by atoms with Crippen LogP contribution in [-0.4, -0.2) is 87.9 Å². The van der Waals surface area contributed by atoms with Gasteiger partial charge in [0.15, 0.2) is 0 Å². The van der Waals surface area contributed by atoms with Gasteiger partial charge in [0.05, 0.1) is 0 Å². The Morgan fingerprint density at radius 2 is 0.417 bits per heavy atom. The summed E-state index contributed by atoms with van der Waals surface area (Å²) in [7, 11) is 0. The molecule has 0 saturated heterocycles. The molecular formula is C32H32O8Pd4Se4. The number of carbonyl (C=O) groups is 4. The number of benzene rings is 4. The van der Waals surface area contributed by atoms with Crippen molar-refractivity contribution in [3.63, 3.8) is 0 Å². The summed E-state index contributed by atoms with van der Waals surface area (Å²) in [5, 5.41) is 35.6. The number of rotatable bonds is 0. The Balaban J connectivity index is -0.0000000637. The molecule has 0 N–H and O–H groups in total. The molecule has 0 aliphatic rings. The quantitative estimate of drug-likeness (QED) is 0.168. The number of hydrogen-bond donors (Lipinski definition) is 0. The summed E-state index contributed by atoms with van der Waals surface area (Å²) in [6, 6.07) is 40.3. The van der Waals surface area contributed by atoms with Gasteiger partial charge in [-0.15, -0.1) is 0 Å². The second kappa shape index (κ2) is 50.9. The molecule has 48 heavy (non-hydrogen) atoms. The van der Waals surface area contributed by atoms with Gasteiger partial charge in [0, 0.05) is 23.9 Å². The molecule has 8 nitrogen and oxygen atoms in total. The Hall–Kier alpha value is -0.513. The molecule has 0 atom stereocenters. The molecular weight excluding hydrogens is 1250 g/mol. The minimum atomic E-state index is -1.08. The fraction of sp³-hybridized carbons (Fsp3) is 0.125. The first kappa shape index (κ1) is 65.8. The Kier molecular flexibility index (Phi) is 69.7. The van der Waals surface area contributed by atoms with E-state index in [0.717, 1.165) is 27.7 Å². The first-order chi connectivity index (χ1) is 20.5. The van der Waals surface area contributed by atoms with Gasteiger partial charge >= 0.3 is 285 Å². The van der Waals surface area contributed by atoms with Crippen molar-refractivity contribution in [2.75, 3.05) is 0 Å². The van der Waals surface area contributed by atoms with Gasteiger partial charge in [-0.1, -0.05) is 0 Å². The fourth-order valence-electron chi connectivity index (χ4n) is 1.68. The van der Waals surface area contributed by atoms with Gasteiger partial charge in [0.1, 0.15) is 0 Å². The molecule has 272 valence electrons. The van der Waals surface area contributed by atoms with Crippen LogP contribution in [0.15, 0.2) is 121 Å². The second-order valence-corrected chi connectivity index (χ2v) is 11.2. The van der Waals surface area contributed by atoms with E-state index in [4.69, 9.17) is 39.6 Å². The van der Waals surface area contributed by atoms with E-state index in [-0.39, 0.29) is 81.7 Å². The Labute approximate surface area is 371 Å². The van der Waals surface area contributed by atoms with E-state index in [9.17, 15) is 0 Å². The number of carbonyl (C=O) groups excluding carboxylic acids is 4. The zero-order chi connectivity index (χ0) is 34.8. The molecule has 0 bridgehead atoms. The summed E-state index contributed by atoms with van der Waals surface area (Å²) < 4.78 is 4.79. The predicted molar refractivity (Wildman–Crippen MR) is 170 cm³/mol. The summed E-state index contributed by atoms with van der Waals surface area (Å²) in [5.41, 5.74) is 0. The van der Waals surface area contributed by atoms with Crippen LogP contribution in [-0.2, 0) is 101 Å². The summed E-state index contributed by atoms with van der Waals surface area (Å²) in [6.45, 7) is 3.89. The van der Waals surface area contributed by atoms with E-state index in [0.29, 0.717) is 0 Å². The number of carboxylic acid groups (broad SMARTS) is 4. The molecule has 0 aliphatic heterocycles. The molecule has 0 spiro atoms. The van der Waals surface area contributed by atoms with Crippen molar-refractivity contribution in [1.29, 1.82) is 0 Å². The number of hydrogen-bond acceptors (Lipinski definition) is 8. The van der Waals surface area contributed by atoms with Crippen molar-refractivity contribution < 1.29 is 121 Å². The molecule has 0 heterocycles. The third-order valence-corrected chi connectivity index (χ3v) is 5.26. The molecule has 4 aromatic carbocycles. The number of carboxylic acids is 4. The first-order valence-corrected chi connectivity index (χ1v) is 15.5. The van der Waals surface area contributed by atoms with Crippen molar-refractivity contribution in [2.24, 2.45) is 0 Å². The van der Waals surface area contributed by atoms with Crippen molar-refractivity contribution in [3.05, 3.63) is 121 Å². The molecule has 0 aromatic heterocycles. The van der Waals surface area contributed by atoms with Crippen LogP contribution < -0.4 is 38.3 Å². The standard InChI is InChI=1S/4C6H6Se.4C2H4O2.4Pd/c4*7-6-4-2-1-3-5-6;4*1-2(3)4;;;;/h4*1-5,7H;4*1H3,(H,3,4);;;;/q;;;;;;;;4*+2/p-8. The van der Waals surface area contributed by atoms with Crippen LogP contribution in [0.3, 0.4) is 0 Å². The Morgan fingerprint density at radius 1 is 0.333 bits per heavy atom. The predicted octanol–water partition coefficient (Wildman–Crippen LogP) is -3.06. The third-order valence-electron chi connectivity index (χ3n) is 2.97. The average molecular weight is 1290 g/mol. The van der Waals surface area contributed by atoms with E-state index in [1.807, 2.05) is 121 Å². The van der Waals surface area contributed by atoms with Crippen LogP contribution in [0.5, 0.6) is 0 Å². The van der Waals surface area contributed by atoms with Crippen LogP contribution in [0.25, 0.3) is 0 Å². The zero-order valence-electron chi connectivity index (χ0n) is 25.7. The maximum absolute atomic E-state index is 8.89. The average Bonchev–Trinajstić information content (AvgIpc) is 2.90. The van der Waals surface area contributed by atoms with Crippen LogP contribution >= 0.6 is 0 Å². The van der Waals surface area contributed by atoms with Crippen LogP contribution in [0.2, 0.25) is 0 Å². The molecule has 0 unspecified atom stereocenters.